The molecule has 2 aromatic carbocycles. The number of anilines is 1. The van der Waals surface area contributed by atoms with Gasteiger partial charge in [0.2, 0.25) is 5.91 Å². The minimum atomic E-state index is -0.218. The van der Waals surface area contributed by atoms with Crippen molar-refractivity contribution in [2.45, 2.75) is 16.7 Å². The number of benzene rings is 2. The van der Waals surface area contributed by atoms with Crippen molar-refractivity contribution < 1.29 is 9.59 Å². The maximum Gasteiger partial charge on any atom is 0.251 e. The van der Waals surface area contributed by atoms with E-state index in [9.17, 15) is 9.59 Å². The van der Waals surface area contributed by atoms with Gasteiger partial charge >= 0.3 is 0 Å². The first-order chi connectivity index (χ1) is 11.5. The molecule has 0 radical (unpaired) electrons. The number of nitrogens with one attached hydrogen (secondary N) is 2. The zero-order chi connectivity index (χ0) is 17.5. The fraction of sp³-hybridized carbons (Fsp3) is 0.111. The van der Waals surface area contributed by atoms with E-state index in [0.717, 1.165) is 9.79 Å². The number of halogens is 1. The van der Waals surface area contributed by atoms with E-state index < -0.39 is 0 Å². The summed E-state index contributed by atoms with van der Waals surface area (Å²) in [6.45, 7) is 5.38. The highest BCUT2D eigenvalue weighted by atomic mass is 35.5. The molecule has 0 saturated carbocycles. The predicted octanol–water partition coefficient (Wildman–Crippen LogP) is 4.37. The van der Waals surface area contributed by atoms with Gasteiger partial charge in [0.15, 0.2) is 0 Å². The Morgan fingerprint density at radius 3 is 2.54 bits per heavy atom. The monoisotopic (exact) mass is 360 g/mol. The quantitative estimate of drug-likeness (QED) is 0.752. The molecule has 0 aliphatic rings. The smallest absolute Gasteiger partial charge is 0.251 e. The van der Waals surface area contributed by atoms with Gasteiger partial charge < -0.3 is 10.6 Å². The highest BCUT2D eigenvalue weighted by Gasteiger charge is 2.11. The molecule has 2 rings (SSSR count). The van der Waals surface area contributed by atoms with Crippen LogP contribution in [0.3, 0.4) is 0 Å². The van der Waals surface area contributed by atoms with E-state index in [-0.39, 0.29) is 11.8 Å². The molecule has 0 spiro atoms. The Morgan fingerprint density at radius 2 is 1.92 bits per heavy atom. The van der Waals surface area contributed by atoms with Gasteiger partial charge in [0.25, 0.3) is 5.91 Å². The van der Waals surface area contributed by atoms with Crippen molar-refractivity contribution in [3.05, 3.63) is 65.7 Å². The molecule has 6 heteroatoms. The summed E-state index contributed by atoms with van der Waals surface area (Å²) in [5.41, 5.74) is 1.06. The van der Waals surface area contributed by atoms with Gasteiger partial charge in [-0.2, -0.15) is 0 Å². The van der Waals surface area contributed by atoms with Crippen LogP contribution in [0.1, 0.15) is 17.3 Å². The largest absolute Gasteiger partial charge is 0.349 e. The Kier molecular flexibility index (Phi) is 6.46. The minimum absolute atomic E-state index is 0.198. The fourth-order valence-electron chi connectivity index (χ4n) is 1.94. The zero-order valence-corrected chi connectivity index (χ0v) is 14.7. The average Bonchev–Trinajstić information content (AvgIpc) is 2.55. The summed E-state index contributed by atoms with van der Waals surface area (Å²) in [6, 6.07) is 12.6. The first kappa shape index (κ1) is 18.1. The van der Waals surface area contributed by atoms with Gasteiger partial charge in [0.05, 0.1) is 5.69 Å². The number of carbonyl (C=O) groups excluding carboxylic acids is 2. The molecule has 0 atom stereocenters. The van der Waals surface area contributed by atoms with Gasteiger partial charge in [-0.3, -0.25) is 9.59 Å². The minimum Gasteiger partial charge on any atom is -0.349 e. The third-order valence-electron chi connectivity index (χ3n) is 3.00. The van der Waals surface area contributed by atoms with Crippen molar-refractivity contribution in [1.82, 2.24) is 5.32 Å². The third-order valence-corrected chi connectivity index (χ3v) is 4.34. The maximum absolute atomic E-state index is 12.1. The van der Waals surface area contributed by atoms with E-state index in [4.69, 9.17) is 11.6 Å². The Balaban J connectivity index is 2.29. The van der Waals surface area contributed by atoms with Crippen LogP contribution in [-0.4, -0.2) is 18.4 Å². The standard InChI is InChI=1S/C18H17ClN2O2S/c1-3-10-20-18(23)13-4-9-17(16(11-13)21-12(2)22)24-15-7-5-14(19)6-8-15/h3-9,11H,1,10H2,2H3,(H,20,23)(H,21,22). The fourth-order valence-corrected chi connectivity index (χ4v) is 2.95. The van der Waals surface area contributed by atoms with Crippen LogP contribution in [0.5, 0.6) is 0 Å². The summed E-state index contributed by atoms with van der Waals surface area (Å²) in [7, 11) is 0. The van der Waals surface area contributed by atoms with E-state index in [1.165, 1.54) is 18.7 Å². The first-order valence-corrected chi connectivity index (χ1v) is 8.43. The molecule has 2 N–H and O–H groups in total. The molecular formula is C18H17ClN2O2S. The lowest BCUT2D eigenvalue weighted by atomic mass is 10.2. The predicted molar refractivity (Wildman–Crippen MR) is 98.9 cm³/mol. The second-order valence-electron chi connectivity index (χ2n) is 4.95. The summed E-state index contributed by atoms with van der Waals surface area (Å²) >= 11 is 7.38. The van der Waals surface area contributed by atoms with Crippen LogP contribution in [0, 0.1) is 0 Å². The van der Waals surface area contributed by atoms with E-state index in [1.54, 1.807) is 30.3 Å². The second-order valence-corrected chi connectivity index (χ2v) is 6.50. The van der Waals surface area contributed by atoms with Crippen LogP contribution in [0.4, 0.5) is 5.69 Å². The average molecular weight is 361 g/mol. The van der Waals surface area contributed by atoms with Crippen molar-refractivity contribution in [1.29, 1.82) is 0 Å². The molecule has 0 fully saturated rings. The molecule has 124 valence electrons. The van der Waals surface area contributed by atoms with E-state index in [1.807, 2.05) is 18.2 Å². The van der Waals surface area contributed by atoms with Crippen LogP contribution in [0.15, 0.2) is 64.9 Å². The molecule has 0 aliphatic heterocycles. The Hall–Kier alpha value is -2.24. The molecule has 0 unspecified atom stereocenters. The van der Waals surface area contributed by atoms with Crippen molar-refractivity contribution >= 4 is 40.9 Å². The van der Waals surface area contributed by atoms with Gasteiger partial charge in [-0.15, -0.1) is 6.58 Å². The Labute approximate surface area is 150 Å². The lowest BCUT2D eigenvalue weighted by molar-refractivity contribution is -0.114. The van der Waals surface area contributed by atoms with E-state index in [2.05, 4.69) is 17.2 Å². The molecule has 0 aromatic heterocycles. The summed E-state index contributed by atoms with van der Waals surface area (Å²) in [5.74, 6) is -0.416. The number of hydrogen-bond donors (Lipinski definition) is 2. The van der Waals surface area contributed by atoms with Crippen LogP contribution in [-0.2, 0) is 4.79 Å². The summed E-state index contributed by atoms with van der Waals surface area (Å²) < 4.78 is 0. The zero-order valence-electron chi connectivity index (χ0n) is 13.1. The van der Waals surface area contributed by atoms with Gasteiger partial charge in [-0.25, -0.2) is 0 Å². The van der Waals surface area contributed by atoms with Crippen LogP contribution >= 0.6 is 23.4 Å². The van der Waals surface area contributed by atoms with Gasteiger partial charge in [0.1, 0.15) is 0 Å². The number of rotatable bonds is 6. The van der Waals surface area contributed by atoms with Gasteiger partial charge in [-0.05, 0) is 42.5 Å². The molecule has 2 amide bonds. The highest BCUT2D eigenvalue weighted by Crippen LogP contribution is 2.34. The Bertz CT molecular complexity index is 760. The van der Waals surface area contributed by atoms with Crippen molar-refractivity contribution in [3.63, 3.8) is 0 Å². The Morgan fingerprint density at radius 1 is 1.21 bits per heavy atom. The molecule has 24 heavy (non-hydrogen) atoms. The highest BCUT2D eigenvalue weighted by molar-refractivity contribution is 7.99. The van der Waals surface area contributed by atoms with Gasteiger partial charge in [-0.1, -0.05) is 29.4 Å². The van der Waals surface area contributed by atoms with Gasteiger partial charge in [0, 0.05) is 33.8 Å². The van der Waals surface area contributed by atoms with Crippen molar-refractivity contribution in [2.75, 3.05) is 11.9 Å². The second kappa shape index (κ2) is 8.57. The SMILES string of the molecule is C=CCNC(=O)c1ccc(Sc2ccc(Cl)cc2)c(NC(C)=O)c1. The van der Waals surface area contributed by atoms with E-state index >= 15 is 0 Å². The lowest BCUT2D eigenvalue weighted by Gasteiger charge is -2.12. The maximum atomic E-state index is 12.1. The summed E-state index contributed by atoms with van der Waals surface area (Å²) in [4.78, 5) is 25.3. The molecule has 0 bridgehead atoms. The molecule has 0 saturated heterocycles. The first-order valence-electron chi connectivity index (χ1n) is 7.23. The molecule has 0 aliphatic carbocycles. The van der Waals surface area contributed by atoms with Crippen LogP contribution in [0.2, 0.25) is 5.02 Å². The molecule has 0 heterocycles. The molecule has 4 nitrogen and oxygen atoms in total. The summed E-state index contributed by atoms with van der Waals surface area (Å²) in [5, 5.41) is 6.15. The number of amides is 2. The lowest BCUT2D eigenvalue weighted by Crippen LogP contribution is -2.23. The number of hydrogen-bond acceptors (Lipinski definition) is 3. The van der Waals surface area contributed by atoms with Crippen molar-refractivity contribution in [3.8, 4) is 0 Å². The topological polar surface area (TPSA) is 58.2 Å². The molecule has 2 aromatic rings. The van der Waals surface area contributed by atoms with Crippen LogP contribution in [0.25, 0.3) is 0 Å². The normalized spacial score (nSPS) is 10.1. The van der Waals surface area contributed by atoms with Crippen LogP contribution < -0.4 is 10.6 Å². The third kappa shape index (κ3) is 5.15. The van der Waals surface area contributed by atoms with E-state index in [0.29, 0.717) is 22.8 Å². The number of carbonyl (C=O) groups is 2. The van der Waals surface area contributed by atoms with Crippen molar-refractivity contribution in [2.24, 2.45) is 0 Å². The molecular weight excluding hydrogens is 344 g/mol. The summed E-state index contributed by atoms with van der Waals surface area (Å²) in [6.07, 6.45) is 1.61.